The van der Waals surface area contributed by atoms with Gasteiger partial charge in [0.15, 0.2) is 0 Å². The average molecular weight is 354 g/mol. The van der Waals surface area contributed by atoms with E-state index in [4.69, 9.17) is 10.5 Å². The summed E-state index contributed by atoms with van der Waals surface area (Å²) in [4.78, 5) is 23.0. The Labute approximate surface area is 154 Å². The summed E-state index contributed by atoms with van der Waals surface area (Å²) in [6.45, 7) is 5.70. The third-order valence-electron chi connectivity index (χ3n) is 4.58. The van der Waals surface area contributed by atoms with Crippen LogP contribution in [0.2, 0.25) is 0 Å². The summed E-state index contributed by atoms with van der Waals surface area (Å²) in [7, 11) is 0. The van der Waals surface area contributed by atoms with Crippen LogP contribution in [0.1, 0.15) is 111 Å². The van der Waals surface area contributed by atoms with Crippen LogP contribution in [0.4, 0.5) is 0 Å². The lowest BCUT2D eigenvalue weighted by atomic mass is 10.0. The quantitative estimate of drug-likeness (QED) is 0.165. The number of hydrogen-bond donors (Lipinski definition) is 1. The highest BCUT2D eigenvalue weighted by Gasteiger charge is 2.11. The zero-order valence-corrected chi connectivity index (χ0v) is 16.7. The maximum Gasteiger partial charge on any atom is 0.310 e. The van der Waals surface area contributed by atoms with Crippen LogP contribution in [-0.2, 0) is 14.3 Å². The van der Waals surface area contributed by atoms with Gasteiger partial charge in [0, 0.05) is 6.42 Å². The summed E-state index contributed by atoms with van der Waals surface area (Å²) in [5.41, 5.74) is 5.65. The first-order chi connectivity index (χ1) is 12.0. The number of allylic oxidation sites excluding steroid dienone is 1. The van der Waals surface area contributed by atoms with E-state index in [0.29, 0.717) is 24.2 Å². The van der Waals surface area contributed by atoms with Crippen LogP contribution in [0.3, 0.4) is 0 Å². The Morgan fingerprint density at radius 1 is 0.760 bits per heavy atom. The Morgan fingerprint density at radius 2 is 1.20 bits per heavy atom. The van der Waals surface area contributed by atoms with E-state index >= 15 is 0 Å². The molecule has 0 aliphatic rings. The topological polar surface area (TPSA) is 69.4 Å². The molecule has 0 aliphatic heterocycles. The van der Waals surface area contributed by atoms with Crippen molar-refractivity contribution in [2.75, 3.05) is 0 Å². The predicted octanol–water partition coefficient (Wildman–Crippen LogP) is 5.79. The first kappa shape index (κ1) is 23.7. The SMILES string of the molecule is CCCCCCCCCCCCCCC(=O)OC(C)=C(CC)C(N)=O. The minimum absolute atomic E-state index is 0.267. The minimum atomic E-state index is -0.516. The number of amides is 1. The van der Waals surface area contributed by atoms with Gasteiger partial charge < -0.3 is 10.5 Å². The van der Waals surface area contributed by atoms with E-state index in [9.17, 15) is 9.59 Å². The third-order valence-corrected chi connectivity index (χ3v) is 4.58. The number of carbonyl (C=O) groups is 2. The largest absolute Gasteiger partial charge is 0.431 e. The Bertz CT molecular complexity index is 402. The molecule has 0 aliphatic carbocycles. The Balaban J connectivity index is 3.56. The Hall–Kier alpha value is -1.32. The first-order valence-corrected chi connectivity index (χ1v) is 10.2. The number of carbonyl (C=O) groups excluding carboxylic acids is 2. The molecular weight excluding hydrogens is 314 g/mol. The number of esters is 1. The molecule has 0 rings (SSSR count). The van der Waals surface area contributed by atoms with Gasteiger partial charge in [-0.15, -0.1) is 0 Å². The maximum atomic E-state index is 11.8. The average Bonchev–Trinajstić information content (AvgIpc) is 2.56. The molecule has 0 bridgehead atoms. The molecule has 0 aromatic heterocycles. The summed E-state index contributed by atoms with van der Waals surface area (Å²) >= 11 is 0. The van der Waals surface area contributed by atoms with Crippen molar-refractivity contribution < 1.29 is 14.3 Å². The van der Waals surface area contributed by atoms with Crippen molar-refractivity contribution >= 4 is 11.9 Å². The number of primary amides is 1. The second-order valence-electron chi connectivity index (χ2n) is 6.87. The van der Waals surface area contributed by atoms with Crippen molar-refractivity contribution in [2.45, 2.75) is 111 Å². The number of nitrogens with two attached hydrogens (primary N) is 1. The van der Waals surface area contributed by atoms with E-state index in [1.165, 1.54) is 64.2 Å². The van der Waals surface area contributed by atoms with E-state index in [1.807, 2.05) is 6.92 Å². The van der Waals surface area contributed by atoms with Gasteiger partial charge in [0.1, 0.15) is 5.76 Å². The Kier molecular flexibility index (Phi) is 15.3. The molecule has 0 heterocycles. The molecule has 25 heavy (non-hydrogen) atoms. The Morgan fingerprint density at radius 3 is 1.60 bits per heavy atom. The normalized spacial score (nSPS) is 12.0. The highest BCUT2D eigenvalue weighted by Crippen LogP contribution is 2.14. The van der Waals surface area contributed by atoms with Gasteiger partial charge in [-0.05, 0) is 19.8 Å². The van der Waals surface area contributed by atoms with Gasteiger partial charge >= 0.3 is 5.97 Å². The lowest BCUT2D eigenvalue weighted by Gasteiger charge is -2.08. The molecule has 0 aromatic carbocycles. The number of hydrogen-bond acceptors (Lipinski definition) is 3. The van der Waals surface area contributed by atoms with Crippen molar-refractivity contribution in [3.63, 3.8) is 0 Å². The van der Waals surface area contributed by atoms with E-state index in [1.54, 1.807) is 6.92 Å². The minimum Gasteiger partial charge on any atom is -0.431 e. The van der Waals surface area contributed by atoms with Gasteiger partial charge in [-0.25, -0.2) is 0 Å². The van der Waals surface area contributed by atoms with Gasteiger partial charge in [0.05, 0.1) is 5.57 Å². The van der Waals surface area contributed by atoms with Crippen molar-refractivity contribution in [3.05, 3.63) is 11.3 Å². The highest BCUT2D eigenvalue weighted by molar-refractivity contribution is 5.92. The van der Waals surface area contributed by atoms with Gasteiger partial charge in [0.25, 0.3) is 0 Å². The standard InChI is InChI=1S/C21H39NO3/c1-4-6-7-8-9-10-11-12-13-14-15-16-17-20(23)25-18(3)19(5-2)21(22)24/h4-17H2,1-3H3,(H2,22,24). The molecule has 0 radical (unpaired) electrons. The second-order valence-corrected chi connectivity index (χ2v) is 6.87. The fourth-order valence-electron chi connectivity index (χ4n) is 2.99. The maximum absolute atomic E-state index is 11.8. The summed E-state index contributed by atoms with van der Waals surface area (Å²) in [5.74, 6) is -0.436. The zero-order valence-electron chi connectivity index (χ0n) is 16.7. The fourth-order valence-corrected chi connectivity index (χ4v) is 2.99. The van der Waals surface area contributed by atoms with Crippen molar-refractivity contribution in [2.24, 2.45) is 5.73 Å². The predicted molar refractivity (Wildman–Crippen MR) is 104 cm³/mol. The van der Waals surface area contributed by atoms with E-state index in [-0.39, 0.29) is 5.97 Å². The molecule has 0 saturated heterocycles. The van der Waals surface area contributed by atoms with Crippen LogP contribution in [0.5, 0.6) is 0 Å². The van der Waals surface area contributed by atoms with Crippen molar-refractivity contribution in [1.82, 2.24) is 0 Å². The van der Waals surface area contributed by atoms with Crippen LogP contribution in [0, 0.1) is 0 Å². The highest BCUT2D eigenvalue weighted by atomic mass is 16.5. The first-order valence-electron chi connectivity index (χ1n) is 10.2. The monoisotopic (exact) mass is 353 g/mol. The zero-order chi connectivity index (χ0) is 18.9. The van der Waals surface area contributed by atoms with E-state index in [2.05, 4.69) is 6.92 Å². The van der Waals surface area contributed by atoms with Crippen LogP contribution in [0.15, 0.2) is 11.3 Å². The summed E-state index contributed by atoms with van der Waals surface area (Å²) < 4.78 is 5.20. The molecule has 0 aromatic rings. The molecule has 0 saturated carbocycles. The van der Waals surface area contributed by atoms with Crippen LogP contribution in [0.25, 0.3) is 0 Å². The summed E-state index contributed by atoms with van der Waals surface area (Å²) in [6, 6.07) is 0. The molecule has 1 amide bonds. The molecule has 4 heteroatoms. The third kappa shape index (κ3) is 13.6. The lowest BCUT2D eigenvalue weighted by Crippen LogP contribution is -2.17. The molecule has 0 atom stereocenters. The molecular formula is C21H39NO3. The molecule has 2 N–H and O–H groups in total. The van der Waals surface area contributed by atoms with Crippen LogP contribution in [-0.4, -0.2) is 11.9 Å². The van der Waals surface area contributed by atoms with Gasteiger partial charge in [-0.2, -0.15) is 0 Å². The second kappa shape index (κ2) is 16.2. The summed E-state index contributed by atoms with van der Waals surface area (Å²) in [5, 5.41) is 0. The lowest BCUT2D eigenvalue weighted by molar-refractivity contribution is -0.139. The molecule has 4 nitrogen and oxygen atoms in total. The van der Waals surface area contributed by atoms with Gasteiger partial charge in [0.2, 0.25) is 5.91 Å². The smallest absolute Gasteiger partial charge is 0.310 e. The molecule has 0 spiro atoms. The van der Waals surface area contributed by atoms with Crippen LogP contribution < -0.4 is 5.73 Å². The molecule has 0 unspecified atom stereocenters. The van der Waals surface area contributed by atoms with E-state index < -0.39 is 5.91 Å². The molecule has 0 fully saturated rings. The summed E-state index contributed by atoms with van der Waals surface area (Å²) in [6.07, 6.45) is 16.1. The number of ether oxygens (including phenoxy) is 1. The van der Waals surface area contributed by atoms with E-state index in [0.717, 1.165) is 12.8 Å². The van der Waals surface area contributed by atoms with Crippen LogP contribution >= 0.6 is 0 Å². The van der Waals surface area contributed by atoms with Crippen molar-refractivity contribution in [1.29, 1.82) is 0 Å². The number of unbranched alkanes of at least 4 members (excludes halogenated alkanes) is 11. The van der Waals surface area contributed by atoms with Gasteiger partial charge in [-0.3, -0.25) is 9.59 Å². The fraction of sp³-hybridized carbons (Fsp3) is 0.810. The molecule has 146 valence electrons. The number of rotatable bonds is 16. The van der Waals surface area contributed by atoms with Crippen molar-refractivity contribution in [3.8, 4) is 0 Å². The van der Waals surface area contributed by atoms with Gasteiger partial charge in [-0.1, -0.05) is 84.5 Å².